The fourth-order valence-corrected chi connectivity index (χ4v) is 1.09. The van der Waals surface area contributed by atoms with Gasteiger partial charge in [0.1, 0.15) is 6.10 Å². The van der Waals surface area contributed by atoms with E-state index in [9.17, 15) is 4.79 Å². The summed E-state index contributed by atoms with van der Waals surface area (Å²) >= 11 is 0. The van der Waals surface area contributed by atoms with Gasteiger partial charge >= 0.3 is 0 Å². The monoisotopic (exact) mass is 193 g/mol. The molecule has 1 rings (SSSR count). The van der Waals surface area contributed by atoms with Crippen molar-refractivity contribution in [2.45, 2.75) is 25.9 Å². The van der Waals surface area contributed by atoms with Crippen LogP contribution in [0.2, 0.25) is 0 Å². The minimum Gasteiger partial charge on any atom is -0.300 e. The van der Waals surface area contributed by atoms with Crippen LogP contribution in [0.4, 0.5) is 5.69 Å². The van der Waals surface area contributed by atoms with Crippen molar-refractivity contribution in [3.8, 4) is 0 Å². The molecule has 3 heteroatoms. The van der Waals surface area contributed by atoms with Crippen LogP contribution in [0.15, 0.2) is 30.3 Å². The molecule has 0 amide bonds. The molecule has 0 heterocycles. The van der Waals surface area contributed by atoms with Gasteiger partial charge in [-0.05, 0) is 18.6 Å². The van der Waals surface area contributed by atoms with E-state index in [4.69, 9.17) is 4.84 Å². The van der Waals surface area contributed by atoms with Gasteiger partial charge in [0.2, 0.25) is 0 Å². The molecule has 0 saturated carbocycles. The average molecular weight is 193 g/mol. The van der Waals surface area contributed by atoms with Gasteiger partial charge in [0.15, 0.2) is 6.29 Å². The summed E-state index contributed by atoms with van der Waals surface area (Å²) in [5, 5.41) is 0. The number of para-hydroxylation sites is 1. The van der Waals surface area contributed by atoms with E-state index in [1.165, 1.54) is 0 Å². The van der Waals surface area contributed by atoms with Gasteiger partial charge in [0, 0.05) is 0 Å². The quantitative estimate of drug-likeness (QED) is 0.557. The average Bonchev–Trinajstić information content (AvgIpc) is 2.25. The molecular formula is C11H15NO2. The molecule has 1 unspecified atom stereocenters. The SMILES string of the molecule is CCCC(C=O)ONc1ccccc1. The number of carbonyl (C=O) groups is 1. The van der Waals surface area contributed by atoms with Crippen molar-refractivity contribution >= 4 is 12.0 Å². The first-order valence-electron chi connectivity index (χ1n) is 4.78. The summed E-state index contributed by atoms with van der Waals surface area (Å²) < 4.78 is 0. The molecule has 76 valence electrons. The van der Waals surface area contributed by atoms with Crippen molar-refractivity contribution in [3.05, 3.63) is 30.3 Å². The molecule has 0 spiro atoms. The number of anilines is 1. The second kappa shape index (κ2) is 6.16. The maximum Gasteiger partial charge on any atom is 0.151 e. The van der Waals surface area contributed by atoms with Gasteiger partial charge < -0.3 is 4.79 Å². The van der Waals surface area contributed by atoms with E-state index in [1.54, 1.807) is 0 Å². The van der Waals surface area contributed by atoms with E-state index in [-0.39, 0.29) is 6.10 Å². The van der Waals surface area contributed by atoms with E-state index in [0.717, 1.165) is 24.8 Å². The van der Waals surface area contributed by atoms with Gasteiger partial charge in [0.05, 0.1) is 5.69 Å². The molecule has 0 bridgehead atoms. The van der Waals surface area contributed by atoms with Crippen molar-refractivity contribution < 1.29 is 9.63 Å². The third-order valence-corrected chi connectivity index (χ3v) is 1.83. The number of benzene rings is 1. The molecule has 14 heavy (non-hydrogen) atoms. The minimum atomic E-state index is -0.361. The molecule has 0 radical (unpaired) electrons. The van der Waals surface area contributed by atoms with Gasteiger partial charge in [-0.2, -0.15) is 0 Å². The van der Waals surface area contributed by atoms with Crippen molar-refractivity contribution in [3.63, 3.8) is 0 Å². The van der Waals surface area contributed by atoms with Gasteiger partial charge in [-0.3, -0.25) is 10.3 Å². The van der Waals surface area contributed by atoms with E-state index in [1.807, 2.05) is 37.3 Å². The highest BCUT2D eigenvalue weighted by Crippen LogP contribution is 2.07. The number of hydrogen-bond acceptors (Lipinski definition) is 3. The fourth-order valence-electron chi connectivity index (χ4n) is 1.09. The molecule has 1 aromatic carbocycles. The first-order valence-corrected chi connectivity index (χ1v) is 4.78. The Kier molecular flexibility index (Phi) is 4.72. The van der Waals surface area contributed by atoms with Gasteiger partial charge in [-0.15, -0.1) is 0 Å². The molecule has 0 saturated heterocycles. The van der Waals surface area contributed by atoms with Crippen LogP contribution in [0, 0.1) is 0 Å². The van der Waals surface area contributed by atoms with Gasteiger partial charge in [0.25, 0.3) is 0 Å². The highest BCUT2D eigenvalue weighted by atomic mass is 16.7. The lowest BCUT2D eigenvalue weighted by Crippen LogP contribution is -2.18. The summed E-state index contributed by atoms with van der Waals surface area (Å²) in [7, 11) is 0. The van der Waals surface area contributed by atoms with E-state index in [2.05, 4.69) is 5.48 Å². The summed E-state index contributed by atoms with van der Waals surface area (Å²) in [6, 6.07) is 9.50. The molecule has 3 nitrogen and oxygen atoms in total. The van der Waals surface area contributed by atoms with Crippen molar-refractivity contribution in [1.82, 2.24) is 0 Å². The number of carbonyl (C=O) groups excluding carboxylic acids is 1. The van der Waals surface area contributed by atoms with Gasteiger partial charge in [-0.25, -0.2) is 0 Å². The molecule has 0 aliphatic carbocycles. The van der Waals surface area contributed by atoms with Crippen molar-refractivity contribution in [2.24, 2.45) is 0 Å². The van der Waals surface area contributed by atoms with Gasteiger partial charge in [-0.1, -0.05) is 31.5 Å². The third-order valence-electron chi connectivity index (χ3n) is 1.83. The summed E-state index contributed by atoms with van der Waals surface area (Å²) in [5.74, 6) is 0. The van der Waals surface area contributed by atoms with Crippen LogP contribution in [-0.2, 0) is 9.63 Å². The summed E-state index contributed by atoms with van der Waals surface area (Å²) in [6.45, 7) is 2.02. The summed E-state index contributed by atoms with van der Waals surface area (Å²) in [4.78, 5) is 15.8. The predicted octanol–water partition coefficient (Wildman–Crippen LogP) is 2.40. The lowest BCUT2D eigenvalue weighted by Gasteiger charge is -2.11. The molecule has 0 aliphatic heterocycles. The van der Waals surface area contributed by atoms with Crippen LogP contribution in [0.1, 0.15) is 19.8 Å². The molecule has 1 aromatic rings. The van der Waals surface area contributed by atoms with Crippen LogP contribution in [0.3, 0.4) is 0 Å². The lowest BCUT2D eigenvalue weighted by molar-refractivity contribution is -0.116. The zero-order valence-corrected chi connectivity index (χ0v) is 8.27. The van der Waals surface area contributed by atoms with Crippen LogP contribution in [-0.4, -0.2) is 12.4 Å². The molecule has 0 aromatic heterocycles. The Bertz CT molecular complexity index is 261. The number of nitrogens with one attached hydrogen (secondary N) is 1. The number of hydrogen-bond donors (Lipinski definition) is 1. The van der Waals surface area contributed by atoms with E-state index in [0.29, 0.717) is 0 Å². The first-order chi connectivity index (χ1) is 6.86. The minimum absolute atomic E-state index is 0.361. The fraction of sp³-hybridized carbons (Fsp3) is 0.364. The molecular weight excluding hydrogens is 178 g/mol. The van der Waals surface area contributed by atoms with Crippen LogP contribution < -0.4 is 5.48 Å². The molecule has 1 N–H and O–H groups in total. The lowest BCUT2D eigenvalue weighted by atomic mass is 10.2. The van der Waals surface area contributed by atoms with Crippen molar-refractivity contribution in [1.29, 1.82) is 0 Å². The topological polar surface area (TPSA) is 38.3 Å². The van der Waals surface area contributed by atoms with Crippen LogP contribution in [0.5, 0.6) is 0 Å². The highest BCUT2D eigenvalue weighted by molar-refractivity contribution is 5.56. The Morgan fingerprint density at radius 1 is 1.43 bits per heavy atom. The molecule has 0 aliphatic rings. The second-order valence-corrected chi connectivity index (χ2v) is 3.05. The van der Waals surface area contributed by atoms with Crippen molar-refractivity contribution in [2.75, 3.05) is 5.48 Å². The molecule has 0 fully saturated rings. The maximum atomic E-state index is 10.6. The Balaban J connectivity index is 2.35. The van der Waals surface area contributed by atoms with E-state index < -0.39 is 0 Å². The summed E-state index contributed by atoms with van der Waals surface area (Å²) in [6.07, 6.45) is 2.13. The number of rotatable bonds is 6. The van der Waals surface area contributed by atoms with E-state index >= 15 is 0 Å². The zero-order chi connectivity index (χ0) is 10.2. The largest absolute Gasteiger partial charge is 0.300 e. The Labute approximate surface area is 84.0 Å². The Hall–Kier alpha value is -1.35. The predicted molar refractivity (Wildman–Crippen MR) is 55.9 cm³/mol. The smallest absolute Gasteiger partial charge is 0.151 e. The second-order valence-electron chi connectivity index (χ2n) is 3.05. The Morgan fingerprint density at radius 2 is 2.14 bits per heavy atom. The molecule has 1 atom stereocenters. The van der Waals surface area contributed by atoms with Crippen LogP contribution >= 0.6 is 0 Å². The Morgan fingerprint density at radius 3 is 2.71 bits per heavy atom. The standard InChI is InChI=1S/C11H15NO2/c1-2-6-11(9-13)14-12-10-7-4-3-5-8-10/h3-5,7-9,11-12H,2,6H2,1H3. The normalized spacial score (nSPS) is 12.1. The van der Waals surface area contributed by atoms with Crippen LogP contribution in [0.25, 0.3) is 0 Å². The first kappa shape index (κ1) is 10.7. The highest BCUT2D eigenvalue weighted by Gasteiger charge is 2.05. The third kappa shape index (κ3) is 3.58. The number of aldehydes is 1. The maximum absolute atomic E-state index is 10.6. The zero-order valence-electron chi connectivity index (χ0n) is 8.27. The summed E-state index contributed by atoms with van der Waals surface area (Å²) in [5.41, 5.74) is 3.61.